The van der Waals surface area contributed by atoms with Gasteiger partial charge in [0, 0.05) is 59.5 Å². The fraction of sp³-hybridized carbons (Fsp3) is 0.941. The van der Waals surface area contributed by atoms with E-state index in [2.05, 4.69) is 39.5 Å². The van der Waals surface area contributed by atoms with E-state index in [0.717, 1.165) is 57.8 Å². The lowest BCUT2D eigenvalue weighted by atomic mass is 10.2. The Bertz CT molecular complexity index is 318. The van der Waals surface area contributed by atoms with Gasteiger partial charge < -0.3 is 25.2 Å². The Balaban J connectivity index is 2.07. The van der Waals surface area contributed by atoms with Crippen molar-refractivity contribution in [3.8, 4) is 0 Å². The average Bonchev–Trinajstić information content (AvgIpc) is 3.08. The molecule has 0 radical (unpaired) electrons. The highest BCUT2D eigenvalue weighted by Gasteiger charge is 2.18. The largest absolute Gasteiger partial charge is 0.385 e. The minimum Gasteiger partial charge on any atom is -0.385 e. The Hall–Kier alpha value is -0.850. The molecule has 0 aromatic heterocycles. The summed E-state index contributed by atoms with van der Waals surface area (Å²) in [6, 6.07) is 0.785. The van der Waals surface area contributed by atoms with Crippen LogP contribution in [-0.4, -0.2) is 89.4 Å². The van der Waals surface area contributed by atoms with Crippen LogP contribution in [0, 0.1) is 0 Å². The summed E-state index contributed by atoms with van der Waals surface area (Å²) in [6.07, 6.45) is 6.58. The zero-order chi connectivity index (χ0) is 16.9. The average molecular weight is 328 g/mol. The summed E-state index contributed by atoms with van der Waals surface area (Å²) < 4.78 is 5.08. The summed E-state index contributed by atoms with van der Waals surface area (Å²) in [4.78, 5) is 9.09. The van der Waals surface area contributed by atoms with Crippen molar-refractivity contribution in [2.24, 2.45) is 4.99 Å². The van der Waals surface area contributed by atoms with Crippen LogP contribution in [0.15, 0.2) is 4.99 Å². The van der Waals surface area contributed by atoms with Crippen LogP contribution in [-0.2, 0) is 4.74 Å². The number of methoxy groups -OCH3 is 1. The Kier molecular flexibility index (Phi) is 11.0. The molecule has 136 valence electrons. The minimum absolute atomic E-state index is 0.785. The van der Waals surface area contributed by atoms with Crippen molar-refractivity contribution in [1.82, 2.24) is 20.4 Å². The second-order valence-electron chi connectivity index (χ2n) is 6.49. The van der Waals surface area contributed by atoms with Gasteiger partial charge in [-0.25, -0.2) is 0 Å². The number of nitrogens with zero attached hydrogens (tertiary/aromatic N) is 3. The lowest BCUT2D eigenvalue weighted by molar-refractivity contribution is 0.180. The summed E-state index contributed by atoms with van der Waals surface area (Å²) in [5.41, 5.74) is 0. The molecule has 2 N–H and O–H groups in total. The Labute approximate surface area is 142 Å². The monoisotopic (exact) mass is 327 g/mol. The normalized spacial score (nSPS) is 16.5. The molecule has 1 saturated carbocycles. The first kappa shape index (κ1) is 20.2. The zero-order valence-corrected chi connectivity index (χ0v) is 15.6. The fourth-order valence-electron chi connectivity index (χ4n) is 3.05. The molecule has 0 saturated heterocycles. The molecule has 23 heavy (non-hydrogen) atoms. The second-order valence-corrected chi connectivity index (χ2v) is 6.49. The first-order valence-electron chi connectivity index (χ1n) is 8.99. The molecule has 0 amide bonds. The van der Waals surface area contributed by atoms with E-state index in [4.69, 9.17) is 4.74 Å². The highest BCUT2D eigenvalue weighted by molar-refractivity contribution is 5.79. The van der Waals surface area contributed by atoms with E-state index >= 15 is 0 Å². The predicted molar refractivity (Wildman–Crippen MR) is 98.2 cm³/mol. The number of guanidine groups is 1. The van der Waals surface area contributed by atoms with Gasteiger partial charge in [-0.15, -0.1) is 0 Å². The lowest BCUT2D eigenvalue weighted by Gasteiger charge is -2.24. The van der Waals surface area contributed by atoms with Crippen LogP contribution in [0.5, 0.6) is 0 Å². The predicted octanol–water partition coefficient (Wildman–Crippen LogP) is 0.994. The zero-order valence-electron chi connectivity index (χ0n) is 15.6. The molecule has 0 aromatic rings. The minimum atomic E-state index is 0.785. The van der Waals surface area contributed by atoms with E-state index in [1.165, 1.54) is 25.7 Å². The third-order valence-corrected chi connectivity index (χ3v) is 4.60. The summed E-state index contributed by atoms with van der Waals surface area (Å²) in [7, 11) is 7.96. The maximum Gasteiger partial charge on any atom is 0.191 e. The van der Waals surface area contributed by atoms with E-state index < -0.39 is 0 Å². The Morgan fingerprint density at radius 2 is 1.74 bits per heavy atom. The van der Waals surface area contributed by atoms with Crippen LogP contribution in [0.1, 0.15) is 32.1 Å². The van der Waals surface area contributed by atoms with E-state index in [9.17, 15) is 0 Å². The van der Waals surface area contributed by atoms with Crippen molar-refractivity contribution in [3.05, 3.63) is 0 Å². The van der Waals surface area contributed by atoms with Crippen molar-refractivity contribution < 1.29 is 4.74 Å². The molecule has 0 unspecified atom stereocenters. The first-order chi connectivity index (χ1) is 11.2. The number of nitrogens with one attached hydrogen (secondary N) is 2. The molecule has 1 fully saturated rings. The molecule has 1 aliphatic carbocycles. The highest BCUT2D eigenvalue weighted by Crippen LogP contribution is 2.21. The van der Waals surface area contributed by atoms with Gasteiger partial charge in [-0.3, -0.25) is 4.99 Å². The van der Waals surface area contributed by atoms with Gasteiger partial charge in [0.05, 0.1) is 0 Å². The van der Waals surface area contributed by atoms with Crippen LogP contribution in [0.25, 0.3) is 0 Å². The Morgan fingerprint density at radius 1 is 1.09 bits per heavy atom. The summed E-state index contributed by atoms with van der Waals surface area (Å²) in [5.74, 6) is 0.898. The number of rotatable bonds is 11. The standard InChI is InChI=1S/C17H37N5O/c1-18-17(19-10-13-21(2)12-7-15-23-4)20-11-14-22(3)16-8-5-6-9-16/h16H,5-15H2,1-4H3,(H2,18,19,20). The van der Waals surface area contributed by atoms with E-state index in [1.54, 1.807) is 7.11 Å². The number of aliphatic imine (C=N–C) groups is 1. The van der Waals surface area contributed by atoms with Gasteiger partial charge in [0.2, 0.25) is 0 Å². The van der Waals surface area contributed by atoms with Gasteiger partial charge in [-0.1, -0.05) is 12.8 Å². The number of ether oxygens (including phenoxy) is 1. The van der Waals surface area contributed by atoms with Crippen LogP contribution in [0.3, 0.4) is 0 Å². The first-order valence-corrected chi connectivity index (χ1v) is 8.99. The molecule has 6 nitrogen and oxygen atoms in total. The molecule has 0 spiro atoms. The molecular weight excluding hydrogens is 290 g/mol. The maximum absolute atomic E-state index is 5.08. The fourth-order valence-corrected chi connectivity index (χ4v) is 3.05. The summed E-state index contributed by atoms with van der Waals surface area (Å²) in [6.45, 7) is 5.82. The molecule has 0 bridgehead atoms. The van der Waals surface area contributed by atoms with Crippen molar-refractivity contribution in [2.75, 3.05) is 67.6 Å². The Morgan fingerprint density at radius 3 is 2.35 bits per heavy atom. The number of likely N-dealkylation sites (N-methyl/N-ethyl adjacent to an activating group) is 2. The molecule has 0 aromatic carbocycles. The molecule has 0 aliphatic heterocycles. The third kappa shape index (κ3) is 9.13. The van der Waals surface area contributed by atoms with Gasteiger partial charge in [0.25, 0.3) is 0 Å². The van der Waals surface area contributed by atoms with Gasteiger partial charge in [0.1, 0.15) is 0 Å². The SMILES string of the molecule is CN=C(NCCN(C)CCCOC)NCCN(C)C1CCCC1. The molecule has 6 heteroatoms. The van der Waals surface area contributed by atoms with Gasteiger partial charge in [-0.05, 0) is 33.4 Å². The molecule has 1 aliphatic rings. The van der Waals surface area contributed by atoms with E-state index in [1.807, 2.05) is 7.05 Å². The molecule has 0 heterocycles. The maximum atomic E-state index is 5.08. The quantitative estimate of drug-likeness (QED) is 0.337. The smallest absolute Gasteiger partial charge is 0.191 e. The molecule has 0 atom stereocenters. The summed E-state index contributed by atoms with van der Waals surface area (Å²) >= 11 is 0. The van der Waals surface area contributed by atoms with Crippen LogP contribution < -0.4 is 10.6 Å². The van der Waals surface area contributed by atoms with Crippen LogP contribution >= 0.6 is 0 Å². The second kappa shape index (κ2) is 12.6. The van der Waals surface area contributed by atoms with Gasteiger partial charge in [-0.2, -0.15) is 0 Å². The van der Waals surface area contributed by atoms with Crippen molar-refractivity contribution >= 4 is 5.96 Å². The molecule has 1 rings (SSSR count). The van der Waals surface area contributed by atoms with Crippen molar-refractivity contribution in [1.29, 1.82) is 0 Å². The van der Waals surface area contributed by atoms with Crippen LogP contribution in [0.2, 0.25) is 0 Å². The third-order valence-electron chi connectivity index (χ3n) is 4.60. The van der Waals surface area contributed by atoms with Crippen LogP contribution in [0.4, 0.5) is 0 Å². The number of hydrogen-bond acceptors (Lipinski definition) is 4. The number of hydrogen-bond donors (Lipinski definition) is 2. The van der Waals surface area contributed by atoms with E-state index in [-0.39, 0.29) is 0 Å². The molecular formula is C17H37N5O. The van der Waals surface area contributed by atoms with Crippen molar-refractivity contribution in [2.45, 2.75) is 38.1 Å². The van der Waals surface area contributed by atoms with E-state index in [0.29, 0.717) is 0 Å². The van der Waals surface area contributed by atoms with Gasteiger partial charge >= 0.3 is 0 Å². The topological polar surface area (TPSA) is 52.1 Å². The lowest BCUT2D eigenvalue weighted by Crippen LogP contribution is -2.44. The summed E-state index contributed by atoms with van der Waals surface area (Å²) in [5, 5.41) is 6.79. The van der Waals surface area contributed by atoms with Gasteiger partial charge in [0.15, 0.2) is 5.96 Å². The van der Waals surface area contributed by atoms with Crippen molar-refractivity contribution in [3.63, 3.8) is 0 Å². The highest BCUT2D eigenvalue weighted by atomic mass is 16.5.